The quantitative estimate of drug-likeness (QED) is 0.739. The minimum atomic E-state index is 0.376. The molecular weight excluding hydrogens is 226 g/mol. The highest BCUT2D eigenvalue weighted by molar-refractivity contribution is 6.99. The summed E-state index contributed by atoms with van der Waals surface area (Å²) in [6.45, 7) is 5.73. The van der Waals surface area contributed by atoms with E-state index in [9.17, 15) is 0 Å². The number of nitrogens with zero attached hydrogens (tertiary/aromatic N) is 5. The third-order valence-corrected chi connectivity index (χ3v) is 3.04. The molecule has 0 atom stereocenters. The van der Waals surface area contributed by atoms with Gasteiger partial charge in [-0.15, -0.1) is 0 Å². The molecule has 2 aromatic rings. The van der Waals surface area contributed by atoms with Crippen molar-refractivity contribution in [2.24, 2.45) is 0 Å². The summed E-state index contributed by atoms with van der Waals surface area (Å²) >= 11 is 1.12. The Hall–Kier alpha value is -1.50. The van der Waals surface area contributed by atoms with Gasteiger partial charge in [0.05, 0.1) is 18.3 Å². The maximum atomic E-state index is 5.50. The third kappa shape index (κ3) is 1.39. The van der Waals surface area contributed by atoms with Crippen molar-refractivity contribution in [2.45, 2.75) is 19.9 Å². The van der Waals surface area contributed by atoms with Crippen LogP contribution < -0.4 is 9.64 Å². The first-order chi connectivity index (χ1) is 7.75. The molecule has 84 valence electrons. The van der Waals surface area contributed by atoms with Gasteiger partial charge in [0, 0.05) is 6.04 Å². The predicted molar refractivity (Wildman–Crippen MR) is 61.0 cm³/mol. The van der Waals surface area contributed by atoms with E-state index >= 15 is 0 Å². The van der Waals surface area contributed by atoms with E-state index in [1.165, 1.54) is 0 Å². The molecule has 7 heteroatoms. The molecule has 0 aliphatic carbocycles. The first-order valence-electron chi connectivity index (χ1n) is 5.15. The molecular formula is C9H11N5OS. The maximum absolute atomic E-state index is 5.50. The molecule has 0 bridgehead atoms. The van der Waals surface area contributed by atoms with Gasteiger partial charge in [0.15, 0.2) is 5.82 Å². The molecule has 16 heavy (non-hydrogen) atoms. The Balaban J connectivity index is 2.17. The third-order valence-electron chi connectivity index (χ3n) is 2.53. The summed E-state index contributed by atoms with van der Waals surface area (Å²) in [5, 5.41) is 0. The zero-order valence-corrected chi connectivity index (χ0v) is 9.86. The van der Waals surface area contributed by atoms with Gasteiger partial charge in [-0.25, -0.2) is 4.98 Å². The lowest BCUT2D eigenvalue weighted by atomic mass is 10.3. The normalized spacial score (nSPS) is 15.3. The van der Waals surface area contributed by atoms with Gasteiger partial charge in [0.2, 0.25) is 11.3 Å². The Morgan fingerprint density at radius 1 is 1.25 bits per heavy atom. The van der Waals surface area contributed by atoms with Crippen LogP contribution in [0.5, 0.6) is 5.88 Å². The lowest BCUT2D eigenvalue weighted by Gasteiger charge is -2.31. The largest absolute Gasteiger partial charge is 0.473 e. The van der Waals surface area contributed by atoms with Crippen LogP contribution in [-0.2, 0) is 0 Å². The van der Waals surface area contributed by atoms with Crippen molar-refractivity contribution < 1.29 is 4.74 Å². The first kappa shape index (κ1) is 9.71. The second kappa shape index (κ2) is 3.51. The van der Waals surface area contributed by atoms with Crippen molar-refractivity contribution in [1.82, 2.24) is 18.7 Å². The van der Waals surface area contributed by atoms with Gasteiger partial charge in [-0.1, -0.05) is 0 Å². The highest BCUT2D eigenvalue weighted by Crippen LogP contribution is 2.30. The SMILES string of the molecule is CC(C)N1CCOc2nc3nsnc3nc21. The molecule has 3 rings (SSSR count). The minimum absolute atomic E-state index is 0.376. The number of hydrogen-bond acceptors (Lipinski definition) is 7. The highest BCUT2D eigenvalue weighted by atomic mass is 32.1. The molecule has 0 N–H and O–H groups in total. The monoisotopic (exact) mass is 237 g/mol. The van der Waals surface area contributed by atoms with Gasteiger partial charge in [-0.05, 0) is 13.8 Å². The molecule has 1 aliphatic rings. The number of anilines is 1. The van der Waals surface area contributed by atoms with E-state index < -0.39 is 0 Å². The Labute approximate surface area is 96.6 Å². The molecule has 3 heterocycles. The van der Waals surface area contributed by atoms with Crippen LogP contribution in [0.3, 0.4) is 0 Å². The molecule has 0 amide bonds. The van der Waals surface area contributed by atoms with Crippen LogP contribution in [0.25, 0.3) is 11.3 Å². The number of hydrogen-bond donors (Lipinski definition) is 0. The van der Waals surface area contributed by atoms with Crippen molar-refractivity contribution in [2.75, 3.05) is 18.1 Å². The Bertz CT molecular complexity index is 526. The predicted octanol–water partition coefficient (Wildman–Crippen LogP) is 1.09. The van der Waals surface area contributed by atoms with Crippen LogP contribution in [0.2, 0.25) is 0 Å². The molecule has 0 spiro atoms. The van der Waals surface area contributed by atoms with E-state index in [0.717, 1.165) is 24.1 Å². The standard InChI is InChI=1S/C9H11N5OS/c1-5(2)14-3-4-15-9-8(14)10-6-7(11-9)13-16-12-6/h5H,3-4H2,1-2H3. The summed E-state index contributed by atoms with van der Waals surface area (Å²) in [6.07, 6.45) is 0. The fourth-order valence-corrected chi connectivity index (χ4v) is 2.19. The van der Waals surface area contributed by atoms with E-state index in [-0.39, 0.29) is 0 Å². The van der Waals surface area contributed by atoms with Crippen molar-refractivity contribution in [3.63, 3.8) is 0 Å². The average molecular weight is 237 g/mol. The fourth-order valence-electron chi connectivity index (χ4n) is 1.75. The zero-order chi connectivity index (χ0) is 11.1. The van der Waals surface area contributed by atoms with Crippen molar-refractivity contribution in [3.8, 4) is 5.88 Å². The molecule has 0 saturated heterocycles. The van der Waals surface area contributed by atoms with Crippen molar-refractivity contribution >= 4 is 28.8 Å². The van der Waals surface area contributed by atoms with Crippen LogP contribution in [0, 0.1) is 0 Å². The lowest BCUT2D eigenvalue weighted by Crippen LogP contribution is -2.38. The average Bonchev–Trinajstić information content (AvgIpc) is 2.71. The summed E-state index contributed by atoms with van der Waals surface area (Å²) in [6, 6.07) is 0.376. The lowest BCUT2D eigenvalue weighted by molar-refractivity contribution is 0.289. The van der Waals surface area contributed by atoms with E-state index in [1.54, 1.807) is 0 Å². The summed E-state index contributed by atoms with van der Waals surface area (Å²) < 4.78 is 13.7. The molecule has 0 radical (unpaired) electrons. The number of aromatic nitrogens is 4. The Morgan fingerprint density at radius 2 is 2.00 bits per heavy atom. The summed E-state index contributed by atoms with van der Waals surface area (Å²) in [5.74, 6) is 1.35. The topological polar surface area (TPSA) is 64.0 Å². The van der Waals surface area contributed by atoms with Gasteiger partial charge in [0.25, 0.3) is 5.88 Å². The number of ether oxygens (including phenoxy) is 1. The molecule has 1 aliphatic heterocycles. The van der Waals surface area contributed by atoms with Crippen molar-refractivity contribution in [3.05, 3.63) is 0 Å². The van der Waals surface area contributed by atoms with Crippen LogP contribution in [-0.4, -0.2) is 37.9 Å². The number of rotatable bonds is 1. The van der Waals surface area contributed by atoms with E-state index in [2.05, 4.69) is 37.5 Å². The van der Waals surface area contributed by atoms with Crippen LogP contribution in [0.15, 0.2) is 0 Å². The second-order valence-corrected chi connectivity index (χ2v) is 4.43. The van der Waals surface area contributed by atoms with Gasteiger partial charge < -0.3 is 9.64 Å². The van der Waals surface area contributed by atoms with Crippen LogP contribution >= 0.6 is 11.7 Å². The summed E-state index contributed by atoms with van der Waals surface area (Å²) in [5.41, 5.74) is 1.16. The second-order valence-electron chi connectivity index (χ2n) is 3.90. The molecule has 0 saturated carbocycles. The summed E-state index contributed by atoms with van der Waals surface area (Å²) in [7, 11) is 0. The van der Waals surface area contributed by atoms with E-state index in [1.807, 2.05) is 0 Å². The summed E-state index contributed by atoms with van der Waals surface area (Å²) in [4.78, 5) is 10.9. The van der Waals surface area contributed by atoms with E-state index in [0.29, 0.717) is 29.8 Å². The van der Waals surface area contributed by atoms with Gasteiger partial charge in [0.1, 0.15) is 6.61 Å². The van der Waals surface area contributed by atoms with Gasteiger partial charge in [-0.2, -0.15) is 13.7 Å². The number of fused-ring (bicyclic) bond motifs is 2. The van der Waals surface area contributed by atoms with Crippen LogP contribution in [0.1, 0.15) is 13.8 Å². The highest BCUT2D eigenvalue weighted by Gasteiger charge is 2.24. The minimum Gasteiger partial charge on any atom is -0.473 e. The van der Waals surface area contributed by atoms with Crippen LogP contribution in [0.4, 0.5) is 5.82 Å². The Morgan fingerprint density at radius 3 is 2.75 bits per heavy atom. The van der Waals surface area contributed by atoms with Gasteiger partial charge in [-0.3, -0.25) is 0 Å². The molecule has 0 unspecified atom stereocenters. The van der Waals surface area contributed by atoms with E-state index in [4.69, 9.17) is 4.74 Å². The molecule has 6 nitrogen and oxygen atoms in total. The Kier molecular flexibility index (Phi) is 2.13. The first-order valence-corrected chi connectivity index (χ1v) is 5.88. The molecule has 0 aromatic carbocycles. The molecule has 0 fully saturated rings. The fraction of sp³-hybridized carbons (Fsp3) is 0.556. The smallest absolute Gasteiger partial charge is 0.259 e. The van der Waals surface area contributed by atoms with Gasteiger partial charge >= 0.3 is 0 Å². The molecule has 2 aromatic heterocycles. The van der Waals surface area contributed by atoms with Crippen molar-refractivity contribution in [1.29, 1.82) is 0 Å². The zero-order valence-electron chi connectivity index (χ0n) is 9.04. The maximum Gasteiger partial charge on any atom is 0.259 e.